The first-order chi connectivity index (χ1) is 11.8. The van der Waals surface area contributed by atoms with Gasteiger partial charge in [0.1, 0.15) is 5.82 Å². The van der Waals surface area contributed by atoms with Gasteiger partial charge in [-0.3, -0.25) is 0 Å². The third-order valence-corrected chi connectivity index (χ3v) is 4.89. The van der Waals surface area contributed by atoms with Gasteiger partial charge in [0.2, 0.25) is 5.16 Å². The van der Waals surface area contributed by atoms with Crippen molar-refractivity contribution < 1.29 is 0 Å². The summed E-state index contributed by atoms with van der Waals surface area (Å²) in [6.07, 6.45) is 2.39. The fourth-order valence-electron chi connectivity index (χ4n) is 2.61. The van der Waals surface area contributed by atoms with Crippen LogP contribution in [0.25, 0.3) is 5.69 Å². The van der Waals surface area contributed by atoms with E-state index in [1.807, 2.05) is 47.1 Å². The number of aromatic nitrogens is 3. The van der Waals surface area contributed by atoms with Gasteiger partial charge in [0, 0.05) is 11.7 Å². The number of rotatable bonds is 5. The fraction of sp³-hybridized carbons (Fsp3) is 0.211. The highest BCUT2D eigenvalue weighted by atomic mass is 32.2. The summed E-state index contributed by atoms with van der Waals surface area (Å²) in [6, 6.07) is 20.0. The molecule has 4 nitrogen and oxygen atoms in total. The number of para-hydroxylation sites is 1. The zero-order valence-electron chi connectivity index (χ0n) is 13.1. The third kappa shape index (κ3) is 3.19. The maximum absolute atomic E-state index is 9.00. The van der Waals surface area contributed by atoms with Gasteiger partial charge in [-0.15, -0.1) is 5.10 Å². The van der Waals surface area contributed by atoms with E-state index in [4.69, 9.17) is 15.3 Å². The highest BCUT2D eigenvalue weighted by Gasteiger charge is 2.30. The minimum Gasteiger partial charge on any atom is -0.216 e. The summed E-state index contributed by atoms with van der Waals surface area (Å²) in [4.78, 5) is 4.76. The molecule has 0 radical (unpaired) electrons. The van der Waals surface area contributed by atoms with E-state index in [1.165, 1.54) is 12.8 Å². The topological polar surface area (TPSA) is 54.5 Å². The summed E-state index contributed by atoms with van der Waals surface area (Å²) >= 11 is 1.62. The van der Waals surface area contributed by atoms with Gasteiger partial charge in [-0.05, 0) is 42.7 Å². The van der Waals surface area contributed by atoms with E-state index in [0.29, 0.717) is 11.5 Å². The highest BCUT2D eigenvalue weighted by Crippen LogP contribution is 2.40. The molecule has 4 rings (SSSR count). The molecule has 0 saturated heterocycles. The molecule has 1 aromatic heterocycles. The van der Waals surface area contributed by atoms with Gasteiger partial charge in [-0.1, -0.05) is 42.1 Å². The smallest absolute Gasteiger partial charge is 0.209 e. The molecular formula is C19H16N4S. The number of nitriles is 1. The molecule has 1 saturated carbocycles. The van der Waals surface area contributed by atoms with Gasteiger partial charge in [0.25, 0.3) is 0 Å². The largest absolute Gasteiger partial charge is 0.216 e. The van der Waals surface area contributed by atoms with E-state index in [1.54, 1.807) is 11.8 Å². The van der Waals surface area contributed by atoms with Crippen molar-refractivity contribution in [2.24, 2.45) is 0 Å². The first-order valence-electron chi connectivity index (χ1n) is 7.98. The van der Waals surface area contributed by atoms with E-state index in [0.717, 1.165) is 28.0 Å². The maximum atomic E-state index is 9.00. The second-order valence-electron chi connectivity index (χ2n) is 5.88. The highest BCUT2D eigenvalue weighted by molar-refractivity contribution is 7.98. The third-order valence-electron chi connectivity index (χ3n) is 3.98. The number of benzene rings is 2. The molecule has 0 bridgehead atoms. The second kappa shape index (κ2) is 6.50. The molecule has 24 heavy (non-hydrogen) atoms. The maximum Gasteiger partial charge on any atom is 0.209 e. The van der Waals surface area contributed by atoms with Crippen LogP contribution in [0.4, 0.5) is 0 Å². The quantitative estimate of drug-likeness (QED) is 0.653. The average molecular weight is 332 g/mol. The molecule has 3 aromatic rings. The Balaban J connectivity index is 1.57. The molecule has 0 spiro atoms. The molecule has 1 heterocycles. The first-order valence-corrected chi connectivity index (χ1v) is 8.96. The zero-order chi connectivity index (χ0) is 16.4. The van der Waals surface area contributed by atoms with Crippen molar-refractivity contribution in [2.45, 2.75) is 29.7 Å². The van der Waals surface area contributed by atoms with Crippen molar-refractivity contribution in [3.05, 3.63) is 71.5 Å². The van der Waals surface area contributed by atoms with Gasteiger partial charge in [0.15, 0.2) is 0 Å². The molecule has 118 valence electrons. The van der Waals surface area contributed by atoms with Gasteiger partial charge >= 0.3 is 0 Å². The normalized spacial score (nSPS) is 13.6. The van der Waals surface area contributed by atoms with E-state index < -0.39 is 0 Å². The lowest BCUT2D eigenvalue weighted by Crippen LogP contribution is -2.01. The van der Waals surface area contributed by atoms with E-state index >= 15 is 0 Å². The van der Waals surface area contributed by atoms with Crippen molar-refractivity contribution in [3.8, 4) is 11.8 Å². The minimum absolute atomic E-state index is 0.536. The van der Waals surface area contributed by atoms with Crippen LogP contribution in [0.15, 0.2) is 59.8 Å². The SMILES string of the molecule is N#Cc1cccc(CSc2nc(C3CC3)n(-c3ccccc3)n2)c1. The van der Waals surface area contributed by atoms with Crippen molar-refractivity contribution in [1.82, 2.24) is 14.8 Å². The van der Waals surface area contributed by atoms with Crippen LogP contribution in [-0.2, 0) is 5.75 Å². The van der Waals surface area contributed by atoms with Crippen LogP contribution >= 0.6 is 11.8 Å². The summed E-state index contributed by atoms with van der Waals surface area (Å²) in [5.74, 6) is 2.36. The van der Waals surface area contributed by atoms with Gasteiger partial charge in [0.05, 0.1) is 17.3 Å². The van der Waals surface area contributed by atoms with Crippen LogP contribution in [0.3, 0.4) is 0 Å². The van der Waals surface area contributed by atoms with Gasteiger partial charge in [-0.25, -0.2) is 9.67 Å². The number of hydrogen-bond acceptors (Lipinski definition) is 4. The lowest BCUT2D eigenvalue weighted by atomic mass is 10.2. The van der Waals surface area contributed by atoms with E-state index in [9.17, 15) is 0 Å². The number of hydrogen-bond donors (Lipinski definition) is 0. The van der Waals surface area contributed by atoms with Gasteiger partial charge < -0.3 is 0 Å². The Morgan fingerprint density at radius 2 is 1.96 bits per heavy atom. The number of nitrogens with zero attached hydrogens (tertiary/aromatic N) is 4. The summed E-state index contributed by atoms with van der Waals surface area (Å²) in [5.41, 5.74) is 2.86. The number of thioether (sulfide) groups is 1. The molecule has 0 N–H and O–H groups in total. The van der Waals surface area contributed by atoms with Crippen LogP contribution in [0, 0.1) is 11.3 Å². The van der Waals surface area contributed by atoms with Crippen LogP contribution in [-0.4, -0.2) is 14.8 Å². The van der Waals surface area contributed by atoms with E-state index in [2.05, 4.69) is 18.2 Å². The predicted molar refractivity (Wildman–Crippen MR) is 94.1 cm³/mol. The van der Waals surface area contributed by atoms with Crippen molar-refractivity contribution in [1.29, 1.82) is 5.26 Å². The Kier molecular flexibility index (Phi) is 4.06. The Morgan fingerprint density at radius 3 is 2.71 bits per heavy atom. The summed E-state index contributed by atoms with van der Waals surface area (Å²) < 4.78 is 1.98. The second-order valence-corrected chi connectivity index (χ2v) is 6.82. The Morgan fingerprint density at radius 1 is 1.12 bits per heavy atom. The van der Waals surface area contributed by atoms with E-state index in [-0.39, 0.29) is 0 Å². The zero-order valence-corrected chi connectivity index (χ0v) is 13.9. The average Bonchev–Trinajstić information content (AvgIpc) is 3.40. The molecule has 0 amide bonds. The van der Waals surface area contributed by atoms with Crippen LogP contribution < -0.4 is 0 Å². The van der Waals surface area contributed by atoms with Crippen molar-refractivity contribution in [2.75, 3.05) is 0 Å². The molecule has 2 aromatic carbocycles. The fourth-order valence-corrected chi connectivity index (χ4v) is 3.38. The summed E-state index contributed by atoms with van der Waals surface area (Å²) in [7, 11) is 0. The molecule has 1 fully saturated rings. The van der Waals surface area contributed by atoms with Crippen LogP contribution in [0.1, 0.15) is 35.7 Å². The Labute approximate surface area is 145 Å². The molecule has 1 aliphatic rings. The summed E-state index contributed by atoms with van der Waals surface area (Å²) in [5, 5.41) is 14.5. The first kappa shape index (κ1) is 15.0. The predicted octanol–water partition coefficient (Wildman–Crippen LogP) is 4.31. The minimum atomic E-state index is 0.536. The van der Waals surface area contributed by atoms with Crippen molar-refractivity contribution in [3.63, 3.8) is 0 Å². The molecule has 0 atom stereocenters. The lowest BCUT2D eigenvalue weighted by Gasteiger charge is -2.03. The monoisotopic (exact) mass is 332 g/mol. The Bertz CT molecular complexity index is 891. The van der Waals surface area contributed by atoms with Crippen LogP contribution in [0.5, 0.6) is 0 Å². The standard InChI is InChI=1S/C19H16N4S/c20-12-14-5-4-6-15(11-14)13-24-19-21-18(16-9-10-16)23(22-19)17-7-2-1-3-8-17/h1-8,11,16H,9-10,13H2. The lowest BCUT2D eigenvalue weighted by molar-refractivity contribution is 0.782. The van der Waals surface area contributed by atoms with Gasteiger partial charge in [-0.2, -0.15) is 5.26 Å². The van der Waals surface area contributed by atoms with Crippen LogP contribution in [0.2, 0.25) is 0 Å². The Hall–Kier alpha value is -2.58. The molecular weight excluding hydrogens is 316 g/mol. The molecule has 0 unspecified atom stereocenters. The molecule has 0 aliphatic heterocycles. The molecule has 1 aliphatic carbocycles. The molecule has 5 heteroatoms. The summed E-state index contributed by atoms with van der Waals surface area (Å²) in [6.45, 7) is 0. The van der Waals surface area contributed by atoms with Crippen molar-refractivity contribution >= 4 is 11.8 Å².